The van der Waals surface area contributed by atoms with Crippen LogP contribution in [0.15, 0.2) is 24.3 Å². The van der Waals surface area contributed by atoms with E-state index in [-0.39, 0.29) is 11.9 Å². The Labute approximate surface area is 137 Å². The maximum atomic E-state index is 13.0. The number of carboxylic acid groups (broad SMARTS) is 1. The van der Waals surface area contributed by atoms with Gasteiger partial charge in [0.1, 0.15) is 17.6 Å². The molecule has 124 valence electrons. The van der Waals surface area contributed by atoms with Crippen LogP contribution in [-0.2, 0) is 15.0 Å². The highest BCUT2D eigenvalue weighted by Gasteiger charge is 2.58. The Balaban J connectivity index is 2.20. The second-order valence-electron chi connectivity index (χ2n) is 7.51. The summed E-state index contributed by atoms with van der Waals surface area (Å²) in [4.78, 5) is 26.4. The number of carbonyl (C=O) groups is 2. The van der Waals surface area contributed by atoms with Crippen molar-refractivity contribution in [1.82, 2.24) is 9.38 Å². The molecule has 1 N–H and O–H groups in total. The van der Waals surface area contributed by atoms with E-state index in [0.717, 1.165) is 24.2 Å². The van der Waals surface area contributed by atoms with Crippen LogP contribution in [0.5, 0.6) is 0 Å². The van der Waals surface area contributed by atoms with E-state index in [1.165, 1.54) is 0 Å². The number of hydrogen-bond acceptors (Lipinski definition) is 2. The van der Waals surface area contributed by atoms with Crippen molar-refractivity contribution in [3.63, 3.8) is 0 Å². The molecule has 5 heteroatoms. The van der Waals surface area contributed by atoms with Gasteiger partial charge < -0.3 is 10.0 Å². The quantitative estimate of drug-likeness (QED) is 0.847. The fraction of sp³-hybridized carbons (Fsp3) is 0.556. The number of amides is 1. The van der Waals surface area contributed by atoms with E-state index < -0.39 is 17.3 Å². The number of likely N-dealkylation sites (N-methyl/N-ethyl adjacent to an activating group) is 1. The first kappa shape index (κ1) is 16.0. The number of likely N-dealkylation sites (tertiary alicyclic amines) is 1. The third kappa shape index (κ3) is 2.10. The maximum absolute atomic E-state index is 13.0. The first-order valence-corrected chi connectivity index (χ1v) is 8.14. The molecule has 2 heterocycles. The number of aliphatic carboxylic acids is 1. The summed E-state index contributed by atoms with van der Waals surface area (Å²) in [5, 5.41) is 9.56. The summed E-state index contributed by atoms with van der Waals surface area (Å²) >= 11 is 0. The van der Waals surface area contributed by atoms with E-state index in [0.29, 0.717) is 10.9 Å². The Bertz CT molecular complexity index is 670. The Morgan fingerprint density at radius 1 is 1.39 bits per heavy atom. The van der Waals surface area contributed by atoms with E-state index in [2.05, 4.69) is 14.1 Å². The minimum absolute atomic E-state index is 0.127. The normalized spacial score (nSPS) is 30.3. The van der Waals surface area contributed by atoms with Gasteiger partial charge in [-0.2, -0.15) is 0 Å². The molecule has 0 aromatic heterocycles. The summed E-state index contributed by atoms with van der Waals surface area (Å²) in [5.41, 5.74) is 1.58. The summed E-state index contributed by atoms with van der Waals surface area (Å²) in [5.74, 6) is -1.17. The highest BCUT2D eigenvalue weighted by atomic mass is 16.4. The number of para-hydroxylation sites is 1. The van der Waals surface area contributed by atoms with Crippen LogP contribution in [0.3, 0.4) is 0 Å². The lowest BCUT2D eigenvalue weighted by molar-refractivity contribution is -0.144. The third-order valence-electron chi connectivity index (χ3n) is 6.02. The molecule has 0 saturated carbocycles. The number of carbonyl (C=O) groups excluding carboxylic acids is 1. The van der Waals surface area contributed by atoms with Gasteiger partial charge in [0.2, 0.25) is 5.91 Å². The first-order chi connectivity index (χ1) is 10.7. The summed E-state index contributed by atoms with van der Waals surface area (Å²) in [6.45, 7) is 2.49. The molecule has 1 amide bonds. The monoisotopic (exact) mass is 317 g/mol. The summed E-state index contributed by atoms with van der Waals surface area (Å²) in [6, 6.07) is 7.92. The molecule has 23 heavy (non-hydrogen) atoms. The van der Waals surface area contributed by atoms with Crippen molar-refractivity contribution < 1.29 is 14.7 Å². The van der Waals surface area contributed by atoms with Crippen molar-refractivity contribution in [2.45, 2.75) is 31.2 Å². The maximum Gasteiger partial charge on any atom is 0.312 e. The lowest BCUT2D eigenvalue weighted by Crippen LogP contribution is -2.62. The summed E-state index contributed by atoms with van der Waals surface area (Å²) in [6.07, 6.45) is 1.36. The van der Waals surface area contributed by atoms with E-state index in [9.17, 15) is 14.7 Å². The van der Waals surface area contributed by atoms with E-state index in [4.69, 9.17) is 0 Å². The molecule has 1 saturated heterocycles. The molecular weight excluding hydrogens is 292 g/mol. The molecular formula is C18H25N2O3+. The lowest BCUT2D eigenvalue weighted by atomic mass is 9.67. The van der Waals surface area contributed by atoms with Crippen LogP contribution in [0.2, 0.25) is 0 Å². The average Bonchev–Trinajstić information content (AvgIpc) is 2.80. The van der Waals surface area contributed by atoms with Crippen molar-refractivity contribution in [3.05, 3.63) is 29.8 Å². The molecule has 0 aliphatic carbocycles. The van der Waals surface area contributed by atoms with Crippen molar-refractivity contribution in [2.24, 2.45) is 5.92 Å². The van der Waals surface area contributed by atoms with Crippen LogP contribution >= 0.6 is 0 Å². The van der Waals surface area contributed by atoms with Gasteiger partial charge in [0.15, 0.2) is 0 Å². The van der Waals surface area contributed by atoms with Gasteiger partial charge in [-0.3, -0.25) is 14.1 Å². The van der Waals surface area contributed by atoms with Crippen molar-refractivity contribution in [1.29, 1.82) is 0 Å². The van der Waals surface area contributed by atoms with Crippen LogP contribution in [0.1, 0.15) is 25.3 Å². The molecule has 2 aliphatic rings. The highest BCUT2D eigenvalue weighted by molar-refractivity contribution is 5.93. The Hall–Kier alpha value is -1.88. The van der Waals surface area contributed by atoms with Crippen molar-refractivity contribution in [2.75, 3.05) is 27.7 Å². The van der Waals surface area contributed by atoms with Gasteiger partial charge in [-0.1, -0.05) is 18.2 Å². The van der Waals surface area contributed by atoms with E-state index >= 15 is 0 Å². The number of nitrogens with zero attached hydrogens (tertiary/aromatic N) is 2. The van der Waals surface area contributed by atoms with Crippen molar-refractivity contribution >= 4 is 17.6 Å². The molecule has 1 fully saturated rings. The van der Waals surface area contributed by atoms with E-state index in [1.807, 2.05) is 31.3 Å². The fourth-order valence-electron chi connectivity index (χ4n) is 4.53. The Kier molecular flexibility index (Phi) is 3.52. The predicted octanol–water partition coefficient (Wildman–Crippen LogP) is 1.85. The number of benzene rings is 1. The SMILES string of the molecule is CC(C(=O)O)[C@H]1C[C@]2(CCN(C)C2=O)c2ccccc2[N+]1(C)C. The zero-order valence-corrected chi connectivity index (χ0v) is 14.2. The van der Waals surface area contributed by atoms with Gasteiger partial charge in [-0.25, -0.2) is 0 Å². The van der Waals surface area contributed by atoms with Gasteiger partial charge in [0.25, 0.3) is 0 Å². The average molecular weight is 317 g/mol. The molecule has 3 rings (SSSR count). The molecule has 1 aromatic carbocycles. The Morgan fingerprint density at radius 2 is 2.04 bits per heavy atom. The fourth-order valence-corrected chi connectivity index (χ4v) is 4.53. The van der Waals surface area contributed by atoms with Gasteiger partial charge in [-0.15, -0.1) is 0 Å². The van der Waals surface area contributed by atoms with Gasteiger partial charge in [0, 0.05) is 25.6 Å². The molecule has 1 spiro atoms. The zero-order valence-electron chi connectivity index (χ0n) is 14.2. The number of hydrogen-bond donors (Lipinski definition) is 1. The highest BCUT2D eigenvalue weighted by Crippen LogP contribution is 2.51. The predicted molar refractivity (Wildman–Crippen MR) is 89.2 cm³/mol. The van der Waals surface area contributed by atoms with Gasteiger partial charge in [0.05, 0.1) is 19.5 Å². The minimum Gasteiger partial charge on any atom is -0.481 e. The molecule has 0 bridgehead atoms. The zero-order chi connectivity index (χ0) is 17.0. The molecule has 5 nitrogen and oxygen atoms in total. The third-order valence-corrected chi connectivity index (χ3v) is 6.02. The summed E-state index contributed by atoms with van der Waals surface area (Å²) in [7, 11) is 5.95. The van der Waals surface area contributed by atoms with Gasteiger partial charge >= 0.3 is 5.97 Å². The molecule has 1 aromatic rings. The second kappa shape index (κ2) is 5.06. The molecule has 0 radical (unpaired) electrons. The Morgan fingerprint density at radius 3 is 2.61 bits per heavy atom. The lowest BCUT2D eigenvalue weighted by Gasteiger charge is -2.49. The summed E-state index contributed by atoms with van der Waals surface area (Å²) < 4.78 is 0.502. The first-order valence-electron chi connectivity index (χ1n) is 8.14. The van der Waals surface area contributed by atoms with E-state index in [1.54, 1.807) is 11.8 Å². The largest absolute Gasteiger partial charge is 0.481 e. The van der Waals surface area contributed by atoms with Crippen LogP contribution in [0.25, 0.3) is 0 Å². The standard InChI is InChI=1S/C18H24N2O3/c1-12(16(21)22)15-11-18(9-10-19(2)17(18)23)13-7-5-6-8-14(13)20(15,3)4/h5-8,12,15H,9-11H2,1-4H3/p+1/t12?,15-,18-/m1/s1. The topological polar surface area (TPSA) is 57.6 Å². The van der Waals surface area contributed by atoms with Crippen molar-refractivity contribution in [3.8, 4) is 0 Å². The molecule has 2 aliphatic heterocycles. The number of rotatable bonds is 2. The number of carboxylic acids is 1. The number of fused-ring (bicyclic) bond motifs is 2. The number of quaternary nitrogens is 1. The van der Waals surface area contributed by atoms with Crippen LogP contribution in [0.4, 0.5) is 5.69 Å². The van der Waals surface area contributed by atoms with Gasteiger partial charge in [-0.05, 0) is 19.4 Å². The molecule has 1 unspecified atom stereocenters. The minimum atomic E-state index is -0.797. The smallest absolute Gasteiger partial charge is 0.312 e. The van der Waals surface area contributed by atoms with Crippen LogP contribution in [0, 0.1) is 5.92 Å². The second-order valence-corrected chi connectivity index (χ2v) is 7.51. The molecule has 3 atom stereocenters. The van der Waals surface area contributed by atoms with Crippen LogP contribution in [-0.4, -0.2) is 55.6 Å². The van der Waals surface area contributed by atoms with Crippen LogP contribution < -0.4 is 4.48 Å².